The SMILES string of the molecule is COC(=O)/C(=C\c1ccco1)[CH2][Ge]([CH3])([CH3])[CH3]. The van der Waals surface area contributed by atoms with Crippen molar-refractivity contribution in [2.24, 2.45) is 0 Å². The van der Waals surface area contributed by atoms with E-state index in [1.54, 1.807) is 18.4 Å². The van der Waals surface area contributed by atoms with Gasteiger partial charge in [0.05, 0.1) is 0 Å². The van der Waals surface area contributed by atoms with Gasteiger partial charge in [0.1, 0.15) is 0 Å². The second kappa shape index (κ2) is 5.39. The number of hydrogen-bond acceptors (Lipinski definition) is 3. The van der Waals surface area contributed by atoms with Crippen molar-refractivity contribution in [3.8, 4) is 0 Å². The second-order valence-electron chi connectivity index (χ2n) is 4.91. The van der Waals surface area contributed by atoms with Crippen LogP contribution in [0.5, 0.6) is 0 Å². The molecule has 1 heterocycles. The first-order chi connectivity index (χ1) is 7.42. The van der Waals surface area contributed by atoms with Gasteiger partial charge >= 0.3 is 98.6 Å². The minimum absolute atomic E-state index is 0.253. The third kappa shape index (κ3) is 4.27. The third-order valence-corrected chi connectivity index (χ3v) is 5.05. The van der Waals surface area contributed by atoms with Crippen LogP contribution in [0, 0.1) is 0 Å². The van der Waals surface area contributed by atoms with E-state index < -0.39 is 13.3 Å². The zero-order valence-corrected chi connectivity index (χ0v) is 12.3. The third-order valence-electron chi connectivity index (χ3n) is 2.03. The van der Waals surface area contributed by atoms with Gasteiger partial charge in [0.25, 0.3) is 0 Å². The molecule has 0 amide bonds. The van der Waals surface area contributed by atoms with Crippen LogP contribution in [0.4, 0.5) is 0 Å². The van der Waals surface area contributed by atoms with Gasteiger partial charge in [-0.1, -0.05) is 0 Å². The Balaban J connectivity index is 2.92. The van der Waals surface area contributed by atoms with Crippen LogP contribution in [-0.2, 0) is 9.53 Å². The zero-order valence-electron chi connectivity index (χ0n) is 10.2. The molecule has 0 aliphatic rings. The first kappa shape index (κ1) is 13.1. The molecule has 4 heteroatoms. The molecule has 3 nitrogen and oxygen atoms in total. The normalized spacial score (nSPS) is 12.6. The molecule has 0 unspecified atom stereocenters. The van der Waals surface area contributed by atoms with Gasteiger partial charge < -0.3 is 0 Å². The topological polar surface area (TPSA) is 39.4 Å². The van der Waals surface area contributed by atoms with Gasteiger partial charge in [-0.3, -0.25) is 0 Å². The molecule has 0 radical (unpaired) electrons. The summed E-state index contributed by atoms with van der Waals surface area (Å²) in [6, 6.07) is 3.64. The first-order valence-electron chi connectivity index (χ1n) is 5.25. The summed E-state index contributed by atoms with van der Waals surface area (Å²) in [5.74, 6) is 7.24. The van der Waals surface area contributed by atoms with Crippen LogP contribution in [0.15, 0.2) is 28.4 Å². The van der Waals surface area contributed by atoms with Crippen molar-refractivity contribution < 1.29 is 13.9 Å². The molecule has 88 valence electrons. The van der Waals surface area contributed by atoms with E-state index in [1.807, 2.05) is 6.07 Å². The molecular formula is C12H18GeO3. The van der Waals surface area contributed by atoms with E-state index in [4.69, 9.17) is 9.15 Å². The van der Waals surface area contributed by atoms with E-state index in [0.717, 1.165) is 5.25 Å². The van der Waals surface area contributed by atoms with Gasteiger partial charge in [-0.2, -0.15) is 0 Å². The summed E-state index contributed by atoms with van der Waals surface area (Å²) in [5, 5.41) is 0.841. The number of ether oxygens (including phenoxy) is 1. The average molecular weight is 283 g/mol. The van der Waals surface area contributed by atoms with Crippen molar-refractivity contribution in [1.29, 1.82) is 0 Å². The average Bonchev–Trinajstić information content (AvgIpc) is 2.66. The summed E-state index contributed by atoms with van der Waals surface area (Å²) in [7, 11) is 1.41. The maximum absolute atomic E-state index is 11.6. The number of rotatable bonds is 4. The summed E-state index contributed by atoms with van der Waals surface area (Å²) < 4.78 is 10.00. The molecular weight excluding hydrogens is 265 g/mol. The molecule has 0 bridgehead atoms. The van der Waals surface area contributed by atoms with Crippen molar-refractivity contribution in [3.05, 3.63) is 29.7 Å². The number of carbonyl (C=O) groups excluding carboxylic acids is 1. The summed E-state index contributed by atoms with van der Waals surface area (Å²) in [6.45, 7) is 0. The molecule has 1 rings (SSSR count). The van der Waals surface area contributed by atoms with Crippen molar-refractivity contribution in [3.63, 3.8) is 0 Å². The summed E-state index contributed by atoms with van der Waals surface area (Å²) in [4.78, 5) is 11.6. The standard InChI is InChI=1S/C12H18GeO3/c1-13(2,3)9-10(12(14)15-4)8-11-6-5-7-16-11/h5-8H,9H2,1-4H3/b10-8-. The number of methoxy groups -OCH3 is 1. The number of hydrogen-bond donors (Lipinski definition) is 0. The van der Waals surface area contributed by atoms with Gasteiger partial charge in [0, 0.05) is 0 Å². The Morgan fingerprint density at radius 3 is 2.62 bits per heavy atom. The number of esters is 1. The number of furan rings is 1. The summed E-state index contributed by atoms with van der Waals surface area (Å²) in [6.07, 6.45) is 3.38. The Labute approximate surface area is 98.8 Å². The molecule has 0 saturated carbocycles. The fourth-order valence-corrected chi connectivity index (χ4v) is 4.34. The Kier molecular flexibility index (Phi) is 4.41. The minimum atomic E-state index is -1.83. The molecule has 0 N–H and O–H groups in total. The molecule has 0 aromatic carbocycles. The monoisotopic (exact) mass is 284 g/mol. The zero-order chi connectivity index (χ0) is 12.2. The molecule has 0 saturated heterocycles. The Hall–Kier alpha value is -0.967. The Bertz CT molecular complexity index is 371. The molecule has 16 heavy (non-hydrogen) atoms. The van der Waals surface area contributed by atoms with E-state index in [1.165, 1.54) is 7.11 Å². The predicted molar refractivity (Wildman–Crippen MR) is 66.9 cm³/mol. The van der Waals surface area contributed by atoms with E-state index in [-0.39, 0.29) is 5.97 Å². The van der Waals surface area contributed by atoms with Gasteiger partial charge in [-0.25, -0.2) is 0 Å². The van der Waals surface area contributed by atoms with Crippen molar-refractivity contribution >= 4 is 25.3 Å². The van der Waals surface area contributed by atoms with Crippen LogP contribution in [0.1, 0.15) is 5.76 Å². The molecule has 0 spiro atoms. The molecule has 1 aromatic heterocycles. The van der Waals surface area contributed by atoms with Crippen molar-refractivity contribution in [1.82, 2.24) is 0 Å². The van der Waals surface area contributed by atoms with Gasteiger partial charge in [0.15, 0.2) is 0 Å². The predicted octanol–water partition coefficient (Wildman–Crippen LogP) is 3.17. The van der Waals surface area contributed by atoms with Crippen LogP contribution in [0.2, 0.25) is 22.5 Å². The van der Waals surface area contributed by atoms with Crippen LogP contribution < -0.4 is 0 Å². The van der Waals surface area contributed by atoms with E-state index in [9.17, 15) is 4.79 Å². The molecule has 0 atom stereocenters. The van der Waals surface area contributed by atoms with Crippen molar-refractivity contribution in [2.75, 3.05) is 7.11 Å². The second-order valence-corrected chi connectivity index (χ2v) is 16.4. The Morgan fingerprint density at radius 2 is 2.19 bits per heavy atom. The van der Waals surface area contributed by atoms with Gasteiger partial charge in [-0.05, 0) is 0 Å². The van der Waals surface area contributed by atoms with Crippen molar-refractivity contribution in [2.45, 2.75) is 22.5 Å². The molecule has 1 aromatic rings. The van der Waals surface area contributed by atoms with E-state index in [2.05, 4.69) is 17.3 Å². The van der Waals surface area contributed by atoms with Crippen LogP contribution >= 0.6 is 0 Å². The van der Waals surface area contributed by atoms with Crippen LogP contribution in [0.25, 0.3) is 6.08 Å². The van der Waals surface area contributed by atoms with Crippen LogP contribution in [0.3, 0.4) is 0 Å². The fourth-order valence-electron chi connectivity index (χ4n) is 1.43. The Morgan fingerprint density at radius 1 is 1.50 bits per heavy atom. The maximum atomic E-state index is 11.6. The quantitative estimate of drug-likeness (QED) is 0.484. The van der Waals surface area contributed by atoms with Gasteiger partial charge in [0.2, 0.25) is 0 Å². The van der Waals surface area contributed by atoms with E-state index >= 15 is 0 Å². The van der Waals surface area contributed by atoms with Crippen LogP contribution in [-0.4, -0.2) is 26.3 Å². The molecule has 0 aliphatic carbocycles. The fraction of sp³-hybridized carbons (Fsp3) is 0.417. The van der Waals surface area contributed by atoms with Gasteiger partial charge in [-0.15, -0.1) is 0 Å². The summed E-state index contributed by atoms with van der Waals surface area (Å²) in [5.41, 5.74) is 0.713. The molecule has 0 aliphatic heterocycles. The summed E-state index contributed by atoms with van der Waals surface area (Å²) >= 11 is -1.83. The number of carbonyl (C=O) groups is 1. The van der Waals surface area contributed by atoms with E-state index in [0.29, 0.717) is 11.3 Å². The first-order valence-corrected chi connectivity index (χ1v) is 13.0. The molecule has 0 fully saturated rings.